The van der Waals surface area contributed by atoms with Gasteiger partial charge in [0.15, 0.2) is 0 Å². The number of aromatic hydroxyl groups is 1. The Kier molecular flexibility index (Phi) is 5.90. The number of hydrogen-bond donors (Lipinski definition) is 2. The van der Waals surface area contributed by atoms with Gasteiger partial charge in [0.05, 0.1) is 6.54 Å². The van der Waals surface area contributed by atoms with Crippen LogP contribution in [0.15, 0.2) is 42.5 Å². The van der Waals surface area contributed by atoms with Gasteiger partial charge in [-0.3, -0.25) is 9.69 Å². The third-order valence-electron chi connectivity index (χ3n) is 5.91. The highest BCUT2D eigenvalue weighted by molar-refractivity contribution is 5.93. The molecule has 0 aromatic heterocycles. The van der Waals surface area contributed by atoms with Crippen LogP contribution in [0.25, 0.3) is 0 Å². The van der Waals surface area contributed by atoms with E-state index in [9.17, 15) is 9.90 Å². The van der Waals surface area contributed by atoms with Crippen molar-refractivity contribution < 1.29 is 9.90 Å². The van der Waals surface area contributed by atoms with Crippen LogP contribution in [-0.2, 0) is 4.79 Å². The Bertz CT molecular complexity index is 838. The second-order valence-corrected chi connectivity index (χ2v) is 8.02. The first-order valence-electron chi connectivity index (χ1n) is 10.5. The van der Waals surface area contributed by atoms with Crippen molar-refractivity contribution in [2.45, 2.75) is 19.8 Å². The average Bonchev–Trinajstić information content (AvgIpc) is 3.26. The van der Waals surface area contributed by atoms with Crippen molar-refractivity contribution in [1.82, 2.24) is 4.90 Å². The van der Waals surface area contributed by atoms with E-state index in [2.05, 4.69) is 39.1 Å². The first kappa shape index (κ1) is 19.6. The van der Waals surface area contributed by atoms with E-state index in [1.54, 1.807) is 12.1 Å². The van der Waals surface area contributed by atoms with Gasteiger partial charge in [-0.1, -0.05) is 0 Å². The number of anilines is 3. The lowest BCUT2D eigenvalue weighted by Crippen LogP contribution is -2.48. The molecule has 2 heterocycles. The normalized spacial score (nSPS) is 17.6. The molecule has 2 aromatic carbocycles. The monoisotopic (exact) mass is 394 g/mol. The lowest BCUT2D eigenvalue weighted by molar-refractivity contribution is -0.117. The molecule has 6 heteroatoms. The summed E-state index contributed by atoms with van der Waals surface area (Å²) in [6, 6.07) is 13.6. The van der Waals surface area contributed by atoms with Crippen molar-refractivity contribution in [3.05, 3.63) is 48.0 Å². The third kappa shape index (κ3) is 4.82. The molecule has 4 rings (SSSR count). The van der Waals surface area contributed by atoms with Gasteiger partial charge in [0.1, 0.15) is 5.75 Å². The summed E-state index contributed by atoms with van der Waals surface area (Å²) in [6.45, 7) is 8.18. The van der Waals surface area contributed by atoms with Gasteiger partial charge >= 0.3 is 0 Å². The van der Waals surface area contributed by atoms with Crippen molar-refractivity contribution >= 4 is 23.0 Å². The van der Waals surface area contributed by atoms with E-state index in [4.69, 9.17) is 0 Å². The summed E-state index contributed by atoms with van der Waals surface area (Å²) in [4.78, 5) is 19.4. The van der Waals surface area contributed by atoms with Gasteiger partial charge in [-0.05, 0) is 67.8 Å². The molecule has 29 heavy (non-hydrogen) atoms. The maximum absolute atomic E-state index is 12.6. The molecule has 154 valence electrons. The number of nitrogens with one attached hydrogen (secondary N) is 1. The zero-order chi connectivity index (χ0) is 20.2. The molecular formula is C23H30N4O2. The zero-order valence-electron chi connectivity index (χ0n) is 17.1. The first-order chi connectivity index (χ1) is 14.1. The fourth-order valence-corrected chi connectivity index (χ4v) is 4.18. The maximum Gasteiger partial charge on any atom is 0.238 e. The summed E-state index contributed by atoms with van der Waals surface area (Å²) in [5, 5.41) is 12.5. The molecule has 2 aliphatic heterocycles. The summed E-state index contributed by atoms with van der Waals surface area (Å²) in [5.41, 5.74) is 4.38. The minimum absolute atomic E-state index is 0.0418. The Morgan fingerprint density at radius 3 is 2.17 bits per heavy atom. The smallest absolute Gasteiger partial charge is 0.238 e. The number of hydrogen-bond acceptors (Lipinski definition) is 5. The van der Waals surface area contributed by atoms with Gasteiger partial charge < -0.3 is 20.2 Å². The van der Waals surface area contributed by atoms with Gasteiger partial charge in [-0.2, -0.15) is 0 Å². The van der Waals surface area contributed by atoms with Crippen LogP contribution in [0.4, 0.5) is 17.1 Å². The number of amides is 1. The highest BCUT2D eigenvalue weighted by Gasteiger charge is 2.20. The number of nitrogens with zero attached hydrogens (tertiary/aromatic N) is 3. The molecule has 6 nitrogen and oxygen atoms in total. The molecule has 0 bridgehead atoms. The lowest BCUT2D eigenvalue weighted by atomic mass is 10.1. The molecule has 1 amide bonds. The van der Waals surface area contributed by atoms with Crippen LogP contribution in [0.5, 0.6) is 5.75 Å². The van der Waals surface area contributed by atoms with Crippen LogP contribution in [0.2, 0.25) is 0 Å². The predicted octanol–water partition coefficient (Wildman–Crippen LogP) is 3.06. The molecule has 0 atom stereocenters. The van der Waals surface area contributed by atoms with E-state index in [1.165, 1.54) is 18.5 Å². The fourth-order valence-electron chi connectivity index (χ4n) is 4.18. The number of phenols is 1. The molecule has 0 saturated carbocycles. The number of carbonyl (C=O) groups excluding carboxylic acids is 1. The second kappa shape index (κ2) is 8.74. The minimum atomic E-state index is 0.0418. The van der Waals surface area contributed by atoms with Gasteiger partial charge in [0.2, 0.25) is 5.91 Å². The zero-order valence-corrected chi connectivity index (χ0v) is 17.1. The molecular weight excluding hydrogens is 364 g/mol. The summed E-state index contributed by atoms with van der Waals surface area (Å²) in [5.74, 6) is 0.327. The Balaban J connectivity index is 1.27. The summed E-state index contributed by atoms with van der Waals surface area (Å²) in [6.07, 6.45) is 2.52. The molecule has 2 fully saturated rings. The van der Waals surface area contributed by atoms with Crippen LogP contribution < -0.4 is 15.1 Å². The van der Waals surface area contributed by atoms with Gasteiger partial charge in [0, 0.05) is 56.3 Å². The summed E-state index contributed by atoms with van der Waals surface area (Å²) < 4.78 is 0. The number of rotatable bonds is 5. The number of phenolic OH excluding ortho intramolecular Hbond substituents is 1. The molecule has 0 aliphatic carbocycles. The number of piperazine rings is 1. The van der Waals surface area contributed by atoms with Crippen LogP contribution in [0.3, 0.4) is 0 Å². The first-order valence-corrected chi connectivity index (χ1v) is 10.5. The minimum Gasteiger partial charge on any atom is -0.508 e. The quantitative estimate of drug-likeness (QED) is 0.816. The van der Waals surface area contributed by atoms with Crippen LogP contribution in [-0.4, -0.2) is 61.7 Å². The molecule has 0 spiro atoms. The van der Waals surface area contributed by atoms with E-state index < -0.39 is 0 Å². The van der Waals surface area contributed by atoms with E-state index in [1.807, 2.05) is 18.2 Å². The van der Waals surface area contributed by atoms with Gasteiger partial charge in [0.25, 0.3) is 0 Å². The second-order valence-electron chi connectivity index (χ2n) is 8.02. The standard InChI is InChI=1S/C23H30N4O2/c1-18-16-20(26-10-2-3-11-26)6-9-22(18)24-23(29)17-25-12-14-27(15-13-25)19-4-7-21(28)8-5-19/h4-9,16,28H,2-3,10-15,17H2,1H3,(H,24,29). The Morgan fingerprint density at radius 2 is 1.52 bits per heavy atom. The lowest BCUT2D eigenvalue weighted by Gasteiger charge is -2.35. The van der Waals surface area contributed by atoms with Crippen molar-refractivity contribution in [2.75, 3.05) is 60.9 Å². The molecule has 0 unspecified atom stereocenters. The Labute approximate surface area is 172 Å². The molecule has 0 radical (unpaired) electrons. The van der Waals surface area contributed by atoms with Crippen molar-refractivity contribution in [1.29, 1.82) is 0 Å². The highest BCUT2D eigenvalue weighted by Crippen LogP contribution is 2.25. The van der Waals surface area contributed by atoms with Crippen LogP contribution in [0, 0.1) is 6.92 Å². The predicted molar refractivity (Wildman–Crippen MR) is 118 cm³/mol. The number of carbonyl (C=O) groups is 1. The fraction of sp³-hybridized carbons (Fsp3) is 0.435. The topological polar surface area (TPSA) is 59.1 Å². The van der Waals surface area contributed by atoms with Crippen LogP contribution in [0.1, 0.15) is 18.4 Å². The molecule has 2 N–H and O–H groups in total. The van der Waals surface area contributed by atoms with Gasteiger partial charge in [-0.15, -0.1) is 0 Å². The van der Waals surface area contributed by atoms with E-state index in [-0.39, 0.29) is 11.7 Å². The van der Waals surface area contributed by atoms with E-state index in [0.29, 0.717) is 6.54 Å². The van der Waals surface area contributed by atoms with Crippen molar-refractivity contribution in [3.8, 4) is 5.75 Å². The Hall–Kier alpha value is -2.73. The largest absolute Gasteiger partial charge is 0.508 e. The average molecular weight is 395 g/mol. The number of aryl methyl sites for hydroxylation is 1. The molecule has 2 aliphatic rings. The summed E-state index contributed by atoms with van der Waals surface area (Å²) >= 11 is 0. The number of benzene rings is 2. The van der Waals surface area contributed by atoms with Crippen LogP contribution >= 0.6 is 0 Å². The molecule has 2 saturated heterocycles. The molecule has 2 aromatic rings. The van der Waals surface area contributed by atoms with E-state index >= 15 is 0 Å². The Morgan fingerprint density at radius 1 is 0.897 bits per heavy atom. The SMILES string of the molecule is Cc1cc(N2CCCC2)ccc1NC(=O)CN1CCN(c2ccc(O)cc2)CC1. The summed E-state index contributed by atoms with van der Waals surface area (Å²) in [7, 11) is 0. The maximum atomic E-state index is 12.6. The third-order valence-corrected chi connectivity index (χ3v) is 5.91. The van der Waals surface area contributed by atoms with E-state index in [0.717, 1.165) is 56.2 Å². The van der Waals surface area contributed by atoms with Gasteiger partial charge in [-0.25, -0.2) is 0 Å². The van der Waals surface area contributed by atoms with Crippen molar-refractivity contribution in [3.63, 3.8) is 0 Å². The highest BCUT2D eigenvalue weighted by atomic mass is 16.3. The van der Waals surface area contributed by atoms with Crippen molar-refractivity contribution in [2.24, 2.45) is 0 Å².